The molecule has 0 aliphatic rings. The fourth-order valence-corrected chi connectivity index (χ4v) is 2.65. The van der Waals surface area contributed by atoms with Gasteiger partial charge in [0.25, 0.3) is 5.91 Å². The van der Waals surface area contributed by atoms with Crippen LogP contribution in [-0.4, -0.2) is 28.2 Å². The molecular weight excluding hydrogens is 358 g/mol. The first kappa shape index (κ1) is 19.0. The Balaban J connectivity index is 1.70. The molecular formula is C21H19N3O4. The van der Waals surface area contributed by atoms with Crippen molar-refractivity contribution in [3.05, 3.63) is 65.9 Å². The SMILES string of the molecule is O=CCCC(=O)NCc1ccc2cc(C(=O)Nc3ccccc3O)ccc2n1. The van der Waals surface area contributed by atoms with Gasteiger partial charge in [0.1, 0.15) is 12.0 Å². The van der Waals surface area contributed by atoms with Crippen LogP contribution >= 0.6 is 0 Å². The highest BCUT2D eigenvalue weighted by atomic mass is 16.3. The molecule has 0 aliphatic carbocycles. The Bertz CT molecular complexity index is 1030. The van der Waals surface area contributed by atoms with Crippen LogP contribution in [0.1, 0.15) is 28.9 Å². The number of benzene rings is 2. The molecule has 0 fully saturated rings. The van der Waals surface area contributed by atoms with Crippen LogP contribution in [0.2, 0.25) is 0 Å². The number of anilines is 1. The topological polar surface area (TPSA) is 108 Å². The molecule has 0 saturated carbocycles. The van der Waals surface area contributed by atoms with Gasteiger partial charge in [-0.05, 0) is 36.4 Å². The molecule has 0 atom stereocenters. The molecule has 28 heavy (non-hydrogen) atoms. The Kier molecular flexibility index (Phi) is 5.96. The predicted molar refractivity (Wildman–Crippen MR) is 105 cm³/mol. The number of amides is 2. The minimum Gasteiger partial charge on any atom is -0.506 e. The number of hydrogen-bond donors (Lipinski definition) is 3. The molecule has 3 rings (SSSR count). The number of rotatable bonds is 7. The maximum absolute atomic E-state index is 12.4. The lowest BCUT2D eigenvalue weighted by molar-refractivity contribution is -0.122. The Hall–Kier alpha value is -3.74. The van der Waals surface area contributed by atoms with Gasteiger partial charge in [0.15, 0.2) is 0 Å². The molecule has 2 amide bonds. The number of fused-ring (bicyclic) bond motifs is 1. The average molecular weight is 377 g/mol. The van der Waals surface area contributed by atoms with Gasteiger partial charge in [-0.3, -0.25) is 14.6 Å². The minimum atomic E-state index is -0.338. The summed E-state index contributed by atoms with van der Waals surface area (Å²) in [4.78, 5) is 38.8. The molecule has 142 valence electrons. The number of nitrogens with zero attached hydrogens (tertiary/aromatic N) is 1. The van der Waals surface area contributed by atoms with Crippen molar-refractivity contribution in [1.29, 1.82) is 0 Å². The number of nitrogens with one attached hydrogen (secondary N) is 2. The summed E-state index contributed by atoms with van der Waals surface area (Å²) in [6.45, 7) is 0.267. The minimum absolute atomic E-state index is 0.00172. The first-order valence-electron chi connectivity index (χ1n) is 8.76. The number of phenolic OH excluding ortho intramolecular Hbond substituents is 1. The van der Waals surface area contributed by atoms with Gasteiger partial charge in [0, 0.05) is 23.8 Å². The first-order valence-corrected chi connectivity index (χ1v) is 8.76. The van der Waals surface area contributed by atoms with E-state index in [9.17, 15) is 19.5 Å². The average Bonchev–Trinajstić information content (AvgIpc) is 2.71. The van der Waals surface area contributed by atoms with Crippen molar-refractivity contribution in [3.63, 3.8) is 0 Å². The Morgan fingerprint density at radius 3 is 2.68 bits per heavy atom. The monoisotopic (exact) mass is 377 g/mol. The van der Waals surface area contributed by atoms with Crippen LogP contribution in [0, 0.1) is 0 Å². The lowest BCUT2D eigenvalue weighted by atomic mass is 10.1. The van der Waals surface area contributed by atoms with E-state index in [1.165, 1.54) is 6.07 Å². The summed E-state index contributed by atoms with van der Waals surface area (Å²) in [7, 11) is 0. The number of aldehydes is 1. The summed E-state index contributed by atoms with van der Waals surface area (Å²) in [6.07, 6.45) is 1.07. The molecule has 3 N–H and O–H groups in total. The quantitative estimate of drug-likeness (QED) is 0.433. The van der Waals surface area contributed by atoms with Crippen LogP contribution in [0.25, 0.3) is 10.9 Å². The molecule has 0 unspecified atom stereocenters. The highest BCUT2D eigenvalue weighted by Gasteiger charge is 2.10. The zero-order valence-electron chi connectivity index (χ0n) is 15.0. The van der Waals surface area contributed by atoms with E-state index in [4.69, 9.17) is 0 Å². The molecule has 1 aromatic heterocycles. The van der Waals surface area contributed by atoms with E-state index in [1.807, 2.05) is 6.07 Å². The summed E-state index contributed by atoms with van der Waals surface area (Å²) in [5, 5.41) is 15.9. The molecule has 2 aromatic carbocycles. The second-order valence-electron chi connectivity index (χ2n) is 6.16. The Morgan fingerprint density at radius 2 is 1.89 bits per heavy atom. The highest BCUT2D eigenvalue weighted by molar-refractivity contribution is 6.06. The van der Waals surface area contributed by atoms with Crippen molar-refractivity contribution in [2.24, 2.45) is 0 Å². The third-order valence-corrected chi connectivity index (χ3v) is 4.12. The van der Waals surface area contributed by atoms with Crippen molar-refractivity contribution in [2.75, 3.05) is 5.32 Å². The zero-order chi connectivity index (χ0) is 19.9. The van der Waals surface area contributed by atoms with Crippen molar-refractivity contribution in [3.8, 4) is 5.75 Å². The summed E-state index contributed by atoms with van der Waals surface area (Å²) < 4.78 is 0. The number of carbonyl (C=O) groups is 3. The number of carbonyl (C=O) groups excluding carboxylic acids is 3. The molecule has 0 aliphatic heterocycles. The van der Waals surface area contributed by atoms with E-state index in [2.05, 4.69) is 15.6 Å². The predicted octanol–water partition coefficient (Wildman–Crippen LogP) is 2.79. The summed E-state index contributed by atoms with van der Waals surface area (Å²) in [5.41, 5.74) is 2.15. The van der Waals surface area contributed by atoms with Gasteiger partial charge in [0.2, 0.25) is 5.91 Å². The zero-order valence-corrected chi connectivity index (χ0v) is 15.0. The van der Waals surface area contributed by atoms with Gasteiger partial charge in [-0.1, -0.05) is 18.2 Å². The third-order valence-electron chi connectivity index (χ3n) is 4.12. The fraction of sp³-hybridized carbons (Fsp3) is 0.143. The highest BCUT2D eigenvalue weighted by Crippen LogP contribution is 2.23. The second-order valence-corrected chi connectivity index (χ2v) is 6.16. The molecule has 7 heteroatoms. The lowest BCUT2D eigenvalue weighted by Gasteiger charge is -2.09. The second kappa shape index (κ2) is 8.77. The maximum atomic E-state index is 12.4. The van der Waals surface area contributed by atoms with Gasteiger partial charge in [-0.25, -0.2) is 0 Å². The molecule has 0 saturated heterocycles. The van der Waals surface area contributed by atoms with Crippen molar-refractivity contribution >= 4 is 34.7 Å². The van der Waals surface area contributed by atoms with Crippen molar-refractivity contribution in [1.82, 2.24) is 10.3 Å². The molecule has 0 radical (unpaired) electrons. The van der Waals surface area contributed by atoms with Gasteiger partial charge >= 0.3 is 0 Å². The van der Waals surface area contributed by atoms with Gasteiger partial charge in [0.05, 0.1) is 23.4 Å². The van der Waals surface area contributed by atoms with Crippen LogP contribution in [0.3, 0.4) is 0 Å². The standard InChI is InChI=1S/C21H19N3O4/c25-11-3-6-20(27)22-13-16-9-7-14-12-15(8-10-17(14)23-16)21(28)24-18-4-1-2-5-19(18)26/h1-2,4-5,7-12,26H,3,6,13H2,(H,22,27)(H,24,28). The number of aromatic nitrogens is 1. The van der Waals surface area contributed by atoms with Gasteiger partial charge in [-0.2, -0.15) is 0 Å². The van der Waals surface area contributed by atoms with Crippen LogP contribution in [-0.2, 0) is 16.1 Å². The Morgan fingerprint density at radius 1 is 1.07 bits per heavy atom. The number of pyridine rings is 1. The molecule has 0 bridgehead atoms. The number of hydrogen-bond acceptors (Lipinski definition) is 5. The van der Waals surface area contributed by atoms with Crippen LogP contribution in [0.15, 0.2) is 54.6 Å². The van der Waals surface area contributed by atoms with E-state index in [1.54, 1.807) is 42.5 Å². The number of phenols is 1. The normalized spacial score (nSPS) is 10.4. The summed E-state index contributed by atoms with van der Waals surface area (Å²) in [6, 6.07) is 15.2. The number of para-hydroxylation sites is 2. The molecule has 7 nitrogen and oxygen atoms in total. The van der Waals surface area contributed by atoms with Gasteiger partial charge < -0.3 is 20.5 Å². The molecule has 3 aromatic rings. The summed E-state index contributed by atoms with van der Waals surface area (Å²) in [5.74, 6) is -0.543. The van der Waals surface area contributed by atoms with Crippen molar-refractivity contribution < 1.29 is 19.5 Å². The first-order chi connectivity index (χ1) is 13.6. The fourth-order valence-electron chi connectivity index (χ4n) is 2.65. The van der Waals surface area contributed by atoms with Crippen LogP contribution in [0.4, 0.5) is 5.69 Å². The van der Waals surface area contributed by atoms with Crippen molar-refractivity contribution in [2.45, 2.75) is 19.4 Å². The van der Waals surface area contributed by atoms with E-state index in [-0.39, 0.29) is 37.0 Å². The number of aromatic hydroxyl groups is 1. The molecule has 0 spiro atoms. The van der Waals surface area contributed by atoms with E-state index >= 15 is 0 Å². The Labute approximate surface area is 161 Å². The lowest BCUT2D eigenvalue weighted by Crippen LogP contribution is -2.22. The van der Waals surface area contributed by atoms with Crippen LogP contribution in [0.5, 0.6) is 5.75 Å². The van der Waals surface area contributed by atoms with E-state index in [0.717, 1.165) is 5.39 Å². The smallest absolute Gasteiger partial charge is 0.255 e. The maximum Gasteiger partial charge on any atom is 0.255 e. The van der Waals surface area contributed by atoms with E-state index < -0.39 is 0 Å². The van der Waals surface area contributed by atoms with Crippen LogP contribution < -0.4 is 10.6 Å². The molecule has 1 heterocycles. The summed E-state index contributed by atoms with van der Waals surface area (Å²) >= 11 is 0. The van der Waals surface area contributed by atoms with E-state index in [0.29, 0.717) is 28.7 Å². The van der Waals surface area contributed by atoms with Gasteiger partial charge in [-0.15, -0.1) is 0 Å². The third kappa shape index (κ3) is 4.70. The largest absolute Gasteiger partial charge is 0.506 e.